The number of hydrogen-bond acceptors (Lipinski definition) is 2. The minimum atomic E-state index is 0.767. The number of rotatable bonds is 7. The zero-order valence-electron chi connectivity index (χ0n) is 10.7. The van der Waals surface area contributed by atoms with Gasteiger partial charge in [0.1, 0.15) is 0 Å². The van der Waals surface area contributed by atoms with Gasteiger partial charge in [-0.25, -0.2) is 0 Å². The zero-order valence-corrected chi connectivity index (χ0v) is 10.7. The lowest BCUT2D eigenvalue weighted by atomic mass is 9.84. The summed E-state index contributed by atoms with van der Waals surface area (Å²) in [5.74, 6) is 1.87. The van der Waals surface area contributed by atoms with Gasteiger partial charge in [0.15, 0.2) is 0 Å². The molecule has 1 N–H and O–H groups in total. The summed E-state index contributed by atoms with van der Waals surface area (Å²) in [5, 5.41) is 3.66. The summed E-state index contributed by atoms with van der Waals surface area (Å²) < 4.78 is 5.64. The quantitative estimate of drug-likeness (QED) is 0.673. The van der Waals surface area contributed by atoms with Crippen molar-refractivity contribution >= 4 is 0 Å². The van der Waals surface area contributed by atoms with E-state index < -0.39 is 0 Å². The molecule has 0 spiro atoms. The van der Waals surface area contributed by atoms with Crippen LogP contribution in [0.25, 0.3) is 0 Å². The Morgan fingerprint density at radius 3 is 2.75 bits per heavy atom. The topological polar surface area (TPSA) is 21.3 Å². The van der Waals surface area contributed by atoms with Crippen LogP contribution in [0, 0.1) is 11.8 Å². The van der Waals surface area contributed by atoms with Crippen LogP contribution in [-0.2, 0) is 4.74 Å². The maximum absolute atomic E-state index is 5.64. The van der Waals surface area contributed by atoms with E-state index in [0.717, 1.165) is 37.6 Å². The zero-order chi connectivity index (χ0) is 11.2. The van der Waals surface area contributed by atoms with Gasteiger partial charge in [-0.1, -0.05) is 26.2 Å². The lowest BCUT2D eigenvalue weighted by Gasteiger charge is -2.29. The molecule has 2 nitrogen and oxygen atoms in total. The van der Waals surface area contributed by atoms with E-state index in [-0.39, 0.29) is 0 Å². The molecule has 94 valence electrons. The first-order valence-electron chi connectivity index (χ1n) is 7.19. The molecule has 2 aliphatic rings. The van der Waals surface area contributed by atoms with Gasteiger partial charge in [-0.3, -0.25) is 0 Å². The van der Waals surface area contributed by atoms with Crippen molar-refractivity contribution in [2.75, 3.05) is 19.8 Å². The Balaban J connectivity index is 1.47. The maximum atomic E-state index is 5.64. The SMILES string of the molecule is CCC1CCCC(NCCOCC2CC2)C1. The number of hydrogen-bond donors (Lipinski definition) is 1. The normalized spacial score (nSPS) is 30.6. The highest BCUT2D eigenvalue weighted by Gasteiger charge is 2.21. The largest absolute Gasteiger partial charge is 0.380 e. The van der Waals surface area contributed by atoms with Crippen LogP contribution >= 0.6 is 0 Å². The minimum absolute atomic E-state index is 0.767. The molecule has 2 saturated carbocycles. The maximum Gasteiger partial charge on any atom is 0.0591 e. The fraction of sp³-hybridized carbons (Fsp3) is 1.00. The highest BCUT2D eigenvalue weighted by Crippen LogP contribution is 2.28. The highest BCUT2D eigenvalue weighted by molar-refractivity contribution is 4.77. The van der Waals surface area contributed by atoms with Crippen molar-refractivity contribution in [2.24, 2.45) is 11.8 Å². The summed E-state index contributed by atoms with van der Waals surface area (Å²) in [6.07, 6.45) is 9.78. The molecule has 0 saturated heterocycles. The number of nitrogens with one attached hydrogen (secondary N) is 1. The number of ether oxygens (including phenoxy) is 1. The molecule has 0 aliphatic heterocycles. The molecule has 2 atom stereocenters. The van der Waals surface area contributed by atoms with E-state index in [4.69, 9.17) is 4.74 Å². The van der Waals surface area contributed by atoms with E-state index in [1.165, 1.54) is 44.9 Å². The van der Waals surface area contributed by atoms with Crippen molar-refractivity contribution in [3.05, 3.63) is 0 Å². The van der Waals surface area contributed by atoms with Crippen LogP contribution in [0.5, 0.6) is 0 Å². The molecular formula is C14H27NO. The van der Waals surface area contributed by atoms with Crippen molar-refractivity contribution in [1.82, 2.24) is 5.32 Å². The predicted molar refractivity (Wildman–Crippen MR) is 67.6 cm³/mol. The predicted octanol–water partition coefficient (Wildman–Crippen LogP) is 2.97. The Morgan fingerprint density at radius 2 is 2.00 bits per heavy atom. The average molecular weight is 225 g/mol. The van der Waals surface area contributed by atoms with Crippen molar-refractivity contribution in [2.45, 2.75) is 57.9 Å². The van der Waals surface area contributed by atoms with E-state index in [0.29, 0.717) is 0 Å². The molecule has 2 heteroatoms. The van der Waals surface area contributed by atoms with Gasteiger partial charge in [-0.2, -0.15) is 0 Å². The molecule has 0 aromatic heterocycles. The van der Waals surface area contributed by atoms with Crippen molar-refractivity contribution in [3.63, 3.8) is 0 Å². The Kier molecular flexibility index (Phi) is 5.11. The minimum Gasteiger partial charge on any atom is -0.380 e. The van der Waals surface area contributed by atoms with Gasteiger partial charge >= 0.3 is 0 Å². The van der Waals surface area contributed by atoms with Crippen LogP contribution in [-0.4, -0.2) is 25.8 Å². The molecule has 0 amide bonds. The van der Waals surface area contributed by atoms with Gasteiger partial charge in [0.05, 0.1) is 6.61 Å². The fourth-order valence-electron chi connectivity index (χ4n) is 2.72. The third-order valence-electron chi connectivity index (χ3n) is 4.09. The highest BCUT2D eigenvalue weighted by atomic mass is 16.5. The van der Waals surface area contributed by atoms with Gasteiger partial charge in [-0.15, -0.1) is 0 Å². The van der Waals surface area contributed by atoms with Gasteiger partial charge in [0, 0.05) is 19.2 Å². The first-order chi connectivity index (χ1) is 7.88. The molecule has 0 aromatic rings. The monoisotopic (exact) mass is 225 g/mol. The van der Waals surface area contributed by atoms with Gasteiger partial charge < -0.3 is 10.1 Å². The van der Waals surface area contributed by atoms with Gasteiger partial charge in [-0.05, 0) is 37.5 Å². The Bertz CT molecular complexity index is 191. The molecule has 2 unspecified atom stereocenters. The van der Waals surface area contributed by atoms with Crippen LogP contribution in [0.4, 0.5) is 0 Å². The molecule has 2 fully saturated rings. The second-order valence-electron chi connectivity index (χ2n) is 5.61. The third kappa shape index (κ3) is 4.42. The van der Waals surface area contributed by atoms with E-state index in [2.05, 4.69) is 12.2 Å². The van der Waals surface area contributed by atoms with Crippen LogP contribution in [0.15, 0.2) is 0 Å². The molecule has 2 rings (SSSR count). The summed E-state index contributed by atoms with van der Waals surface area (Å²) >= 11 is 0. The van der Waals surface area contributed by atoms with Crippen LogP contribution in [0.2, 0.25) is 0 Å². The van der Waals surface area contributed by atoms with Crippen LogP contribution in [0.3, 0.4) is 0 Å². The Hall–Kier alpha value is -0.0800. The average Bonchev–Trinajstić information content (AvgIpc) is 3.13. The summed E-state index contributed by atoms with van der Waals surface area (Å²) in [6.45, 7) is 5.29. The van der Waals surface area contributed by atoms with Crippen LogP contribution < -0.4 is 5.32 Å². The summed E-state index contributed by atoms with van der Waals surface area (Å²) in [6, 6.07) is 0.767. The van der Waals surface area contributed by atoms with Gasteiger partial charge in [0.2, 0.25) is 0 Å². The molecule has 0 aromatic carbocycles. The second kappa shape index (κ2) is 6.61. The molecule has 0 radical (unpaired) electrons. The lowest BCUT2D eigenvalue weighted by Crippen LogP contribution is -2.36. The fourth-order valence-corrected chi connectivity index (χ4v) is 2.72. The van der Waals surface area contributed by atoms with Crippen molar-refractivity contribution < 1.29 is 4.74 Å². The molecular weight excluding hydrogens is 198 g/mol. The summed E-state index contributed by atoms with van der Waals surface area (Å²) in [4.78, 5) is 0. The van der Waals surface area contributed by atoms with Gasteiger partial charge in [0.25, 0.3) is 0 Å². The third-order valence-corrected chi connectivity index (χ3v) is 4.09. The van der Waals surface area contributed by atoms with E-state index in [1.54, 1.807) is 0 Å². The van der Waals surface area contributed by atoms with E-state index >= 15 is 0 Å². The lowest BCUT2D eigenvalue weighted by molar-refractivity contribution is 0.121. The molecule has 16 heavy (non-hydrogen) atoms. The first kappa shape index (κ1) is 12.4. The van der Waals surface area contributed by atoms with E-state index in [1.807, 2.05) is 0 Å². The standard InChI is InChI=1S/C14H27NO/c1-2-12-4-3-5-14(10-12)15-8-9-16-11-13-6-7-13/h12-15H,2-11H2,1H3. The summed E-state index contributed by atoms with van der Waals surface area (Å²) in [7, 11) is 0. The molecule has 0 bridgehead atoms. The smallest absolute Gasteiger partial charge is 0.0591 e. The first-order valence-corrected chi connectivity index (χ1v) is 7.19. The van der Waals surface area contributed by atoms with E-state index in [9.17, 15) is 0 Å². The second-order valence-corrected chi connectivity index (χ2v) is 5.61. The Morgan fingerprint density at radius 1 is 1.12 bits per heavy atom. The van der Waals surface area contributed by atoms with Crippen LogP contribution in [0.1, 0.15) is 51.9 Å². The van der Waals surface area contributed by atoms with Crippen molar-refractivity contribution in [1.29, 1.82) is 0 Å². The molecule has 2 aliphatic carbocycles. The van der Waals surface area contributed by atoms with Crippen molar-refractivity contribution in [3.8, 4) is 0 Å². The molecule has 0 heterocycles. The Labute approximate surface area is 100 Å². The summed E-state index contributed by atoms with van der Waals surface area (Å²) in [5.41, 5.74) is 0.